The molecule has 28 heavy (non-hydrogen) atoms. The van der Waals surface area contributed by atoms with Crippen LogP contribution < -0.4 is 20.4 Å². The van der Waals surface area contributed by atoms with Gasteiger partial charge in [-0.05, 0) is 65.7 Å². The molecule has 0 unspecified atom stereocenters. The summed E-state index contributed by atoms with van der Waals surface area (Å²) < 4.78 is 5.45. The molecular weight excluding hydrogens is 358 g/mol. The smallest absolute Gasteiger partial charge is 0.410 e. The first-order chi connectivity index (χ1) is 13.4. The lowest BCUT2D eigenvalue weighted by atomic mass is 10.0. The number of aryl methyl sites for hydroxylation is 1. The number of carbonyl (C=O) groups excluding carboxylic acids is 2. The Morgan fingerprint density at radius 2 is 1.71 bits per heavy atom. The van der Waals surface area contributed by atoms with E-state index in [4.69, 9.17) is 9.94 Å². The standard InChI is InChI=1S/C21H21N3O4/c1-13-18-10-9-17(24(2)3)12-15(18)6-11-19(13)28-21(26)22-16-7-4-14(5-8-16)20(25)23-27/h4-12,27H,1-3H3,(H,22,26)(H,23,25). The van der Waals surface area contributed by atoms with Crippen molar-refractivity contribution >= 4 is 34.1 Å². The van der Waals surface area contributed by atoms with E-state index in [-0.39, 0.29) is 5.56 Å². The van der Waals surface area contributed by atoms with Crippen molar-refractivity contribution in [1.29, 1.82) is 0 Å². The van der Waals surface area contributed by atoms with Gasteiger partial charge in [-0.3, -0.25) is 15.3 Å². The average molecular weight is 379 g/mol. The molecule has 7 heteroatoms. The van der Waals surface area contributed by atoms with Gasteiger partial charge in [0.1, 0.15) is 5.75 Å². The summed E-state index contributed by atoms with van der Waals surface area (Å²) >= 11 is 0. The molecule has 0 saturated carbocycles. The highest BCUT2D eigenvalue weighted by Gasteiger charge is 2.11. The molecule has 0 aliphatic rings. The van der Waals surface area contributed by atoms with E-state index in [1.54, 1.807) is 23.7 Å². The summed E-state index contributed by atoms with van der Waals surface area (Å²) in [6.45, 7) is 1.91. The number of anilines is 2. The Morgan fingerprint density at radius 1 is 1.00 bits per heavy atom. The zero-order chi connectivity index (χ0) is 20.3. The summed E-state index contributed by atoms with van der Waals surface area (Å²) in [4.78, 5) is 25.6. The summed E-state index contributed by atoms with van der Waals surface area (Å²) in [7, 11) is 3.97. The van der Waals surface area contributed by atoms with Crippen molar-refractivity contribution in [3.8, 4) is 5.75 Å². The van der Waals surface area contributed by atoms with Crippen molar-refractivity contribution < 1.29 is 19.5 Å². The summed E-state index contributed by atoms with van der Waals surface area (Å²) in [6.07, 6.45) is -0.633. The fraction of sp³-hybridized carbons (Fsp3) is 0.143. The Morgan fingerprint density at radius 3 is 2.36 bits per heavy atom. The van der Waals surface area contributed by atoms with E-state index in [1.165, 1.54) is 12.1 Å². The third kappa shape index (κ3) is 4.05. The molecule has 0 fully saturated rings. The summed E-state index contributed by atoms with van der Waals surface area (Å²) in [5.74, 6) is -0.155. The zero-order valence-electron chi connectivity index (χ0n) is 15.8. The fourth-order valence-corrected chi connectivity index (χ4v) is 2.85. The molecule has 144 valence electrons. The van der Waals surface area contributed by atoms with Gasteiger partial charge in [0.05, 0.1) is 0 Å². The Kier molecular flexibility index (Phi) is 5.47. The minimum Gasteiger partial charge on any atom is -0.410 e. The molecule has 0 heterocycles. The van der Waals surface area contributed by atoms with Gasteiger partial charge >= 0.3 is 6.09 Å². The van der Waals surface area contributed by atoms with Crippen molar-refractivity contribution in [2.45, 2.75) is 6.92 Å². The second-order valence-corrected chi connectivity index (χ2v) is 6.52. The zero-order valence-corrected chi connectivity index (χ0v) is 15.8. The van der Waals surface area contributed by atoms with E-state index < -0.39 is 12.0 Å². The SMILES string of the molecule is Cc1c(OC(=O)Nc2ccc(C(=O)NO)cc2)ccc2cc(N(C)C)ccc12. The van der Waals surface area contributed by atoms with Gasteiger partial charge in [0.2, 0.25) is 0 Å². The number of nitrogens with zero attached hydrogens (tertiary/aromatic N) is 1. The molecule has 3 aromatic rings. The maximum Gasteiger partial charge on any atom is 0.417 e. The van der Waals surface area contributed by atoms with Crippen LogP contribution in [0.2, 0.25) is 0 Å². The molecule has 0 aromatic heterocycles. The Labute approximate surface area is 162 Å². The quantitative estimate of drug-likeness (QED) is 0.472. The van der Waals surface area contributed by atoms with E-state index in [0.29, 0.717) is 11.4 Å². The lowest BCUT2D eigenvalue weighted by Gasteiger charge is -2.15. The van der Waals surface area contributed by atoms with Crippen LogP contribution in [-0.2, 0) is 0 Å². The number of ether oxygens (including phenoxy) is 1. The van der Waals surface area contributed by atoms with Crippen LogP contribution in [0.5, 0.6) is 5.75 Å². The van der Waals surface area contributed by atoms with E-state index in [9.17, 15) is 9.59 Å². The van der Waals surface area contributed by atoms with E-state index >= 15 is 0 Å². The third-order valence-electron chi connectivity index (χ3n) is 4.44. The van der Waals surface area contributed by atoms with Crippen LogP contribution in [0, 0.1) is 6.92 Å². The lowest BCUT2D eigenvalue weighted by molar-refractivity contribution is 0.0706. The van der Waals surface area contributed by atoms with Crippen LogP contribution in [0.4, 0.5) is 16.2 Å². The highest BCUT2D eigenvalue weighted by Crippen LogP contribution is 2.30. The highest BCUT2D eigenvalue weighted by atomic mass is 16.6. The molecule has 0 atom stereocenters. The topological polar surface area (TPSA) is 90.9 Å². The second kappa shape index (κ2) is 7.98. The van der Waals surface area contributed by atoms with E-state index in [0.717, 1.165) is 22.0 Å². The molecular formula is C21H21N3O4. The number of nitrogens with one attached hydrogen (secondary N) is 2. The highest BCUT2D eigenvalue weighted by molar-refractivity contribution is 5.95. The predicted molar refractivity (Wildman–Crippen MR) is 108 cm³/mol. The molecule has 3 rings (SSSR count). The minimum absolute atomic E-state index is 0.267. The monoisotopic (exact) mass is 379 g/mol. The molecule has 0 spiro atoms. The first kappa shape index (κ1) is 19.2. The predicted octanol–water partition coefficient (Wildman–Crippen LogP) is 3.94. The Balaban J connectivity index is 1.74. The van der Waals surface area contributed by atoms with Gasteiger partial charge in [0.15, 0.2) is 0 Å². The number of carbonyl (C=O) groups is 2. The number of amides is 2. The fourth-order valence-electron chi connectivity index (χ4n) is 2.85. The van der Waals surface area contributed by atoms with Crippen LogP contribution in [-0.4, -0.2) is 31.3 Å². The van der Waals surface area contributed by atoms with Crippen LogP contribution in [0.15, 0.2) is 54.6 Å². The molecule has 0 radical (unpaired) electrons. The van der Waals surface area contributed by atoms with Crippen LogP contribution in [0.3, 0.4) is 0 Å². The summed E-state index contributed by atoms with van der Waals surface area (Å²) in [6, 6.07) is 15.8. The number of rotatable bonds is 4. The average Bonchev–Trinajstić information content (AvgIpc) is 2.69. The largest absolute Gasteiger partial charge is 0.417 e. The number of hydroxylamine groups is 1. The van der Waals surface area contributed by atoms with Gasteiger partial charge < -0.3 is 9.64 Å². The molecule has 0 bridgehead atoms. The van der Waals surface area contributed by atoms with Crippen LogP contribution in [0.25, 0.3) is 10.8 Å². The minimum atomic E-state index is -0.633. The van der Waals surface area contributed by atoms with E-state index in [1.807, 2.05) is 44.1 Å². The van der Waals surface area contributed by atoms with Gasteiger partial charge in [0, 0.05) is 31.0 Å². The van der Waals surface area contributed by atoms with Crippen LogP contribution in [0.1, 0.15) is 15.9 Å². The number of benzene rings is 3. The maximum atomic E-state index is 12.2. The lowest BCUT2D eigenvalue weighted by Crippen LogP contribution is -2.19. The third-order valence-corrected chi connectivity index (χ3v) is 4.44. The molecule has 0 saturated heterocycles. The molecule has 3 aromatic carbocycles. The first-order valence-corrected chi connectivity index (χ1v) is 8.63. The van der Waals surface area contributed by atoms with Crippen molar-refractivity contribution in [2.75, 3.05) is 24.3 Å². The molecule has 0 aliphatic heterocycles. The van der Waals surface area contributed by atoms with Crippen LogP contribution >= 0.6 is 0 Å². The van der Waals surface area contributed by atoms with Crippen molar-refractivity contribution in [3.05, 3.63) is 65.7 Å². The van der Waals surface area contributed by atoms with Gasteiger partial charge in [-0.2, -0.15) is 0 Å². The van der Waals surface area contributed by atoms with Gasteiger partial charge in [-0.1, -0.05) is 12.1 Å². The molecule has 3 N–H and O–H groups in total. The molecule has 2 amide bonds. The van der Waals surface area contributed by atoms with Crippen molar-refractivity contribution in [1.82, 2.24) is 5.48 Å². The number of hydrogen-bond acceptors (Lipinski definition) is 5. The first-order valence-electron chi connectivity index (χ1n) is 8.63. The van der Waals surface area contributed by atoms with Crippen molar-refractivity contribution in [3.63, 3.8) is 0 Å². The maximum absolute atomic E-state index is 12.2. The Hall–Kier alpha value is -3.58. The molecule has 0 aliphatic carbocycles. The van der Waals surface area contributed by atoms with Gasteiger partial charge in [-0.15, -0.1) is 0 Å². The Bertz CT molecular complexity index is 1030. The number of hydrogen-bond donors (Lipinski definition) is 3. The molecule has 7 nitrogen and oxygen atoms in total. The number of fused-ring (bicyclic) bond motifs is 1. The van der Waals surface area contributed by atoms with Gasteiger partial charge in [-0.25, -0.2) is 10.3 Å². The summed E-state index contributed by atoms with van der Waals surface area (Å²) in [5, 5.41) is 13.3. The van der Waals surface area contributed by atoms with Crippen molar-refractivity contribution in [2.24, 2.45) is 0 Å². The van der Waals surface area contributed by atoms with E-state index in [2.05, 4.69) is 11.4 Å². The van der Waals surface area contributed by atoms with Gasteiger partial charge in [0.25, 0.3) is 5.91 Å². The second-order valence-electron chi connectivity index (χ2n) is 6.52. The normalized spacial score (nSPS) is 10.4. The summed E-state index contributed by atoms with van der Waals surface area (Å²) in [5.41, 5.74) is 4.25.